The molecule has 0 spiro atoms. The van der Waals surface area contributed by atoms with Crippen LogP contribution in [0.4, 0.5) is 0 Å². The minimum Gasteiger partial charge on any atom is -0.490 e. The fourth-order valence-corrected chi connectivity index (χ4v) is 3.00. The van der Waals surface area contributed by atoms with Gasteiger partial charge in [-0.1, -0.05) is 6.92 Å². The number of halogens is 1. The molecular formula is C18H29ClN2O3. The molecule has 1 aliphatic rings. The minimum atomic E-state index is 0. The molecule has 1 aliphatic heterocycles. The van der Waals surface area contributed by atoms with E-state index in [9.17, 15) is 4.79 Å². The Labute approximate surface area is 150 Å². The van der Waals surface area contributed by atoms with E-state index in [1.165, 1.54) is 0 Å². The number of ether oxygens (including phenoxy) is 2. The number of carbonyl (C=O) groups excluding carboxylic acids is 1. The quantitative estimate of drug-likeness (QED) is 0.815. The first-order chi connectivity index (χ1) is 11.1. The fourth-order valence-electron chi connectivity index (χ4n) is 3.00. The van der Waals surface area contributed by atoms with Crippen LogP contribution in [0.3, 0.4) is 0 Å². The summed E-state index contributed by atoms with van der Waals surface area (Å²) in [5.74, 6) is 1.76. The summed E-state index contributed by atoms with van der Waals surface area (Å²) in [4.78, 5) is 14.7. The van der Waals surface area contributed by atoms with Crippen LogP contribution in [0.25, 0.3) is 0 Å². The molecule has 5 nitrogen and oxygen atoms in total. The average molecular weight is 357 g/mol. The molecule has 1 saturated heterocycles. The van der Waals surface area contributed by atoms with Crippen molar-refractivity contribution in [2.45, 2.75) is 39.7 Å². The van der Waals surface area contributed by atoms with Crippen molar-refractivity contribution in [2.75, 3.05) is 26.3 Å². The molecule has 0 saturated carbocycles. The van der Waals surface area contributed by atoms with Crippen LogP contribution in [0.15, 0.2) is 18.2 Å². The lowest BCUT2D eigenvalue weighted by Crippen LogP contribution is -2.34. The van der Waals surface area contributed by atoms with Crippen molar-refractivity contribution < 1.29 is 14.3 Å². The Balaban J connectivity index is 0.00000288. The Morgan fingerprint density at radius 1 is 1.29 bits per heavy atom. The number of rotatable bonds is 7. The molecule has 0 aromatic heterocycles. The van der Waals surface area contributed by atoms with Crippen LogP contribution in [0, 0.1) is 5.92 Å². The SMILES string of the molecule is CCCOc1ccc(C(=O)N2CC(CN)CC2C)cc1OCC.Cl. The second-order valence-electron chi connectivity index (χ2n) is 6.09. The minimum absolute atomic E-state index is 0. The topological polar surface area (TPSA) is 64.8 Å². The zero-order valence-corrected chi connectivity index (χ0v) is 15.6. The first-order valence-corrected chi connectivity index (χ1v) is 8.51. The van der Waals surface area contributed by atoms with Gasteiger partial charge >= 0.3 is 0 Å². The summed E-state index contributed by atoms with van der Waals surface area (Å²) in [5.41, 5.74) is 6.39. The van der Waals surface area contributed by atoms with Crippen molar-refractivity contribution in [3.05, 3.63) is 23.8 Å². The molecule has 6 heteroatoms. The molecule has 2 rings (SSSR count). The second-order valence-corrected chi connectivity index (χ2v) is 6.09. The van der Waals surface area contributed by atoms with Crippen LogP contribution in [0.1, 0.15) is 44.0 Å². The maximum absolute atomic E-state index is 12.8. The highest BCUT2D eigenvalue weighted by atomic mass is 35.5. The lowest BCUT2D eigenvalue weighted by molar-refractivity contribution is 0.0743. The van der Waals surface area contributed by atoms with E-state index >= 15 is 0 Å². The normalized spacial score (nSPS) is 19.8. The van der Waals surface area contributed by atoms with Gasteiger partial charge in [0.15, 0.2) is 11.5 Å². The average Bonchev–Trinajstić information content (AvgIpc) is 2.94. The van der Waals surface area contributed by atoms with Gasteiger partial charge < -0.3 is 20.1 Å². The predicted molar refractivity (Wildman–Crippen MR) is 98.3 cm³/mol. The van der Waals surface area contributed by atoms with Crippen molar-refractivity contribution in [1.29, 1.82) is 0 Å². The summed E-state index contributed by atoms with van der Waals surface area (Å²) in [7, 11) is 0. The molecule has 136 valence electrons. The highest BCUT2D eigenvalue weighted by Crippen LogP contribution is 2.31. The molecular weight excluding hydrogens is 328 g/mol. The van der Waals surface area contributed by atoms with Crippen LogP contribution in [-0.4, -0.2) is 43.2 Å². The summed E-state index contributed by atoms with van der Waals surface area (Å²) < 4.78 is 11.3. The second kappa shape index (κ2) is 9.74. The summed E-state index contributed by atoms with van der Waals surface area (Å²) in [6.45, 7) is 8.59. The number of carbonyl (C=O) groups is 1. The van der Waals surface area contributed by atoms with Gasteiger partial charge in [-0.2, -0.15) is 0 Å². The number of nitrogens with two attached hydrogens (primary N) is 1. The van der Waals surface area contributed by atoms with Crippen molar-refractivity contribution in [3.63, 3.8) is 0 Å². The van der Waals surface area contributed by atoms with E-state index in [1.54, 1.807) is 6.07 Å². The van der Waals surface area contributed by atoms with Crippen molar-refractivity contribution >= 4 is 18.3 Å². The fraction of sp³-hybridized carbons (Fsp3) is 0.611. The maximum Gasteiger partial charge on any atom is 0.254 e. The molecule has 2 unspecified atom stereocenters. The molecule has 1 amide bonds. The molecule has 1 aromatic carbocycles. The number of amides is 1. The third kappa shape index (κ3) is 4.77. The first-order valence-electron chi connectivity index (χ1n) is 8.51. The van der Waals surface area contributed by atoms with Crippen molar-refractivity contribution in [1.82, 2.24) is 4.90 Å². The van der Waals surface area contributed by atoms with Gasteiger partial charge in [-0.3, -0.25) is 4.79 Å². The first kappa shape index (κ1) is 20.6. The molecule has 2 atom stereocenters. The van der Waals surface area contributed by atoms with Gasteiger partial charge in [0.25, 0.3) is 5.91 Å². The Morgan fingerprint density at radius 3 is 2.62 bits per heavy atom. The third-order valence-corrected chi connectivity index (χ3v) is 4.21. The molecule has 1 fully saturated rings. The lowest BCUT2D eigenvalue weighted by Gasteiger charge is -2.22. The molecule has 0 aliphatic carbocycles. The van der Waals surface area contributed by atoms with E-state index in [0.717, 1.165) is 19.4 Å². The smallest absolute Gasteiger partial charge is 0.254 e. The molecule has 2 N–H and O–H groups in total. The zero-order valence-electron chi connectivity index (χ0n) is 14.8. The van der Waals surface area contributed by atoms with Crippen LogP contribution in [-0.2, 0) is 0 Å². The number of benzene rings is 1. The summed E-state index contributed by atoms with van der Waals surface area (Å²) in [6, 6.07) is 5.66. The van der Waals surface area contributed by atoms with Gasteiger partial charge in [0.05, 0.1) is 13.2 Å². The van der Waals surface area contributed by atoms with Crippen LogP contribution in [0.2, 0.25) is 0 Å². The van der Waals surface area contributed by atoms with Crippen molar-refractivity contribution in [3.8, 4) is 11.5 Å². The van der Waals surface area contributed by atoms with Crippen LogP contribution < -0.4 is 15.2 Å². The van der Waals surface area contributed by atoms with Gasteiger partial charge in [0.1, 0.15) is 0 Å². The van der Waals surface area contributed by atoms with Crippen LogP contribution in [0.5, 0.6) is 11.5 Å². The maximum atomic E-state index is 12.8. The Bertz CT molecular complexity index is 539. The molecule has 1 aromatic rings. The predicted octanol–water partition coefficient (Wildman–Crippen LogP) is 3.11. The van der Waals surface area contributed by atoms with E-state index < -0.39 is 0 Å². The van der Waals surface area contributed by atoms with E-state index in [2.05, 4.69) is 13.8 Å². The number of nitrogens with zero attached hydrogens (tertiary/aromatic N) is 1. The molecule has 0 radical (unpaired) electrons. The Hall–Kier alpha value is -1.46. The summed E-state index contributed by atoms with van der Waals surface area (Å²) >= 11 is 0. The highest BCUT2D eigenvalue weighted by Gasteiger charge is 2.32. The van der Waals surface area contributed by atoms with E-state index in [0.29, 0.717) is 42.7 Å². The highest BCUT2D eigenvalue weighted by molar-refractivity contribution is 5.95. The zero-order chi connectivity index (χ0) is 16.8. The Kier molecular flexibility index (Phi) is 8.36. The number of hydrogen-bond donors (Lipinski definition) is 1. The van der Waals surface area contributed by atoms with E-state index in [-0.39, 0.29) is 24.4 Å². The summed E-state index contributed by atoms with van der Waals surface area (Å²) in [6.07, 6.45) is 1.90. The lowest BCUT2D eigenvalue weighted by atomic mass is 10.1. The van der Waals surface area contributed by atoms with Gasteiger partial charge in [0.2, 0.25) is 0 Å². The molecule has 0 bridgehead atoms. The van der Waals surface area contributed by atoms with Gasteiger partial charge in [0, 0.05) is 18.2 Å². The number of hydrogen-bond acceptors (Lipinski definition) is 4. The summed E-state index contributed by atoms with van der Waals surface area (Å²) in [5, 5.41) is 0. The number of likely N-dealkylation sites (tertiary alicyclic amines) is 1. The van der Waals surface area contributed by atoms with Gasteiger partial charge in [-0.05, 0) is 57.4 Å². The molecule has 1 heterocycles. The van der Waals surface area contributed by atoms with Gasteiger partial charge in [-0.25, -0.2) is 0 Å². The standard InChI is InChI=1S/C18H28N2O3.ClH/c1-4-8-23-16-7-6-15(10-17(16)22-5-2)18(21)20-12-14(11-19)9-13(20)3;/h6-7,10,13-14H,4-5,8-9,11-12,19H2,1-3H3;1H. The van der Waals surface area contributed by atoms with Gasteiger partial charge in [-0.15, -0.1) is 12.4 Å². The third-order valence-electron chi connectivity index (χ3n) is 4.21. The van der Waals surface area contributed by atoms with Crippen LogP contribution >= 0.6 is 12.4 Å². The van der Waals surface area contributed by atoms with Crippen molar-refractivity contribution in [2.24, 2.45) is 11.7 Å². The largest absolute Gasteiger partial charge is 0.490 e. The van der Waals surface area contributed by atoms with E-state index in [1.807, 2.05) is 24.0 Å². The molecule has 24 heavy (non-hydrogen) atoms. The van der Waals surface area contributed by atoms with E-state index in [4.69, 9.17) is 15.2 Å². The Morgan fingerprint density at radius 2 is 2.04 bits per heavy atom. The monoisotopic (exact) mass is 356 g/mol.